The van der Waals surface area contributed by atoms with Crippen molar-refractivity contribution in [1.82, 2.24) is 4.90 Å². The lowest BCUT2D eigenvalue weighted by Gasteiger charge is -2.32. The number of anilines is 1. The van der Waals surface area contributed by atoms with E-state index in [0.717, 1.165) is 11.3 Å². The smallest absolute Gasteiger partial charge is 0.238 e. The number of aliphatic imine (C=N–C) groups is 1. The average molecular weight is 538 g/mol. The Labute approximate surface area is 225 Å². The molecule has 0 unspecified atom stereocenters. The first kappa shape index (κ1) is 26.6. The normalized spacial score (nSPS) is 16.5. The molecule has 2 amide bonds. The molecule has 1 aliphatic heterocycles. The van der Waals surface area contributed by atoms with Gasteiger partial charge in [0.1, 0.15) is 16.7 Å². The van der Waals surface area contributed by atoms with Crippen molar-refractivity contribution in [3.8, 4) is 11.5 Å². The lowest BCUT2D eigenvalue weighted by molar-refractivity contribution is -0.129. The zero-order chi connectivity index (χ0) is 26.2. The molecule has 0 aromatic heterocycles. The summed E-state index contributed by atoms with van der Waals surface area (Å²) >= 11 is 7.29. The number of methoxy groups -OCH3 is 1. The van der Waals surface area contributed by atoms with Crippen LogP contribution in [0.1, 0.15) is 18.9 Å². The van der Waals surface area contributed by atoms with Gasteiger partial charge in [-0.2, -0.15) is 0 Å². The van der Waals surface area contributed by atoms with Crippen molar-refractivity contribution in [2.45, 2.75) is 25.0 Å². The largest absolute Gasteiger partial charge is 0.497 e. The number of thioether (sulfide) groups is 1. The maximum atomic E-state index is 13.2. The molecule has 3 aromatic carbocycles. The zero-order valence-electron chi connectivity index (χ0n) is 20.6. The Bertz CT molecular complexity index is 1250. The number of rotatable bonds is 9. The second kappa shape index (κ2) is 12.7. The van der Waals surface area contributed by atoms with Crippen LogP contribution in [0.25, 0.3) is 0 Å². The van der Waals surface area contributed by atoms with Crippen molar-refractivity contribution in [3.05, 3.63) is 83.4 Å². The van der Waals surface area contributed by atoms with Crippen LogP contribution < -0.4 is 14.8 Å². The second-order valence-corrected chi connectivity index (χ2v) is 9.88. The maximum absolute atomic E-state index is 13.2. The summed E-state index contributed by atoms with van der Waals surface area (Å²) in [5.41, 5.74) is 2.36. The second-order valence-electron chi connectivity index (χ2n) is 8.27. The average Bonchev–Trinajstić information content (AvgIpc) is 2.91. The SMILES string of the molecule is CCOc1ccc(NC(=O)[C@@H]2CC(=O)N(CCc3ccc(Cl)cc3)C(=Nc3ccc(OC)cc3)S2)cc1. The number of ether oxygens (including phenoxy) is 2. The van der Waals surface area contributed by atoms with Crippen LogP contribution in [0.2, 0.25) is 5.02 Å². The number of amides is 2. The first-order chi connectivity index (χ1) is 17.9. The molecular weight excluding hydrogens is 510 g/mol. The lowest BCUT2D eigenvalue weighted by Crippen LogP contribution is -2.46. The first-order valence-corrected chi connectivity index (χ1v) is 13.2. The Kier molecular flexibility index (Phi) is 9.09. The molecule has 1 fully saturated rings. The zero-order valence-corrected chi connectivity index (χ0v) is 22.2. The highest BCUT2D eigenvalue weighted by atomic mass is 35.5. The van der Waals surface area contributed by atoms with E-state index in [1.54, 1.807) is 36.3 Å². The van der Waals surface area contributed by atoms with Gasteiger partial charge in [0.25, 0.3) is 0 Å². The van der Waals surface area contributed by atoms with E-state index in [4.69, 9.17) is 26.1 Å². The van der Waals surface area contributed by atoms with E-state index in [-0.39, 0.29) is 18.2 Å². The molecule has 0 spiro atoms. The number of halogens is 1. The number of carbonyl (C=O) groups is 2. The van der Waals surface area contributed by atoms with E-state index in [9.17, 15) is 9.59 Å². The molecule has 1 heterocycles. The molecule has 7 nitrogen and oxygen atoms in total. The van der Waals surface area contributed by atoms with Gasteiger partial charge in [-0.15, -0.1) is 0 Å². The first-order valence-electron chi connectivity index (χ1n) is 11.9. The molecule has 0 radical (unpaired) electrons. The standard InChI is InChI=1S/C28H28ClN3O4S/c1-3-36-24-14-10-21(11-15-24)30-27(34)25-18-26(33)32(17-16-19-4-6-20(29)7-5-19)28(37-25)31-22-8-12-23(35-2)13-9-22/h4-15,25H,3,16-18H2,1-2H3,(H,30,34)/t25-/m0/s1. The number of carbonyl (C=O) groups excluding carboxylic acids is 2. The Balaban J connectivity index is 1.52. The van der Waals surface area contributed by atoms with Crippen molar-refractivity contribution in [2.24, 2.45) is 4.99 Å². The maximum Gasteiger partial charge on any atom is 0.238 e. The summed E-state index contributed by atoms with van der Waals surface area (Å²) in [5, 5.41) is 3.45. The van der Waals surface area contributed by atoms with Gasteiger partial charge in [-0.05, 0) is 79.6 Å². The highest BCUT2D eigenvalue weighted by molar-refractivity contribution is 8.15. The number of hydrogen-bond acceptors (Lipinski definition) is 6. The highest BCUT2D eigenvalue weighted by Gasteiger charge is 2.35. The fourth-order valence-corrected chi connectivity index (χ4v) is 5.00. The molecule has 4 rings (SSSR count). The summed E-state index contributed by atoms with van der Waals surface area (Å²) < 4.78 is 10.7. The Morgan fingerprint density at radius 1 is 1.05 bits per heavy atom. The summed E-state index contributed by atoms with van der Waals surface area (Å²) in [6, 6.07) is 22.0. The van der Waals surface area contributed by atoms with Gasteiger partial charge in [0.15, 0.2) is 5.17 Å². The molecule has 9 heteroatoms. The molecular formula is C28H28ClN3O4S. The van der Waals surface area contributed by atoms with Crippen LogP contribution in [0.5, 0.6) is 11.5 Å². The van der Waals surface area contributed by atoms with Gasteiger partial charge in [-0.3, -0.25) is 14.5 Å². The fourth-order valence-electron chi connectivity index (χ4n) is 3.74. The van der Waals surface area contributed by atoms with Crippen LogP contribution in [0.3, 0.4) is 0 Å². The third-order valence-electron chi connectivity index (χ3n) is 5.70. The van der Waals surface area contributed by atoms with Gasteiger partial charge in [0, 0.05) is 23.7 Å². The van der Waals surface area contributed by atoms with E-state index in [1.807, 2.05) is 55.5 Å². The topological polar surface area (TPSA) is 80.2 Å². The number of hydrogen-bond donors (Lipinski definition) is 1. The molecule has 1 saturated heterocycles. The van der Waals surface area contributed by atoms with E-state index in [0.29, 0.717) is 46.9 Å². The third-order valence-corrected chi connectivity index (χ3v) is 7.14. The van der Waals surface area contributed by atoms with Crippen LogP contribution >= 0.6 is 23.4 Å². The third kappa shape index (κ3) is 7.27. The van der Waals surface area contributed by atoms with Crippen LogP contribution in [-0.4, -0.2) is 47.4 Å². The molecule has 37 heavy (non-hydrogen) atoms. The van der Waals surface area contributed by atoms with Gasteiger partial charge < -0.3 is 14.8 Å². The van der Waals surface area contributed by atoms with Crippen molar-refractivity contribution in [2.75, 3.05) is 25.6 Å². The Morgan fingerprint density at radius 2 is 1.73 bits per heavy atom. The number of amidine groups is 1. The van der Waals surface area contributed by atoms with E-state index in [2.05, 4.69) is 5.32 Å². The molecule has 1 N–H and O–H groups in total. The van der Waals surface area contributed by atoms with Gasteiger partial charge >= 0.3 is 0 Å². The van der Waals surface area contributed by atoms with E-state index >= 15 is 0 Å². The summed E-state index contributed by atoms with van der Waals surface area (Å²) in [6.45, 7) is 2.92. The van der Waals surface area contributed by atoms with Gasteiger partial charge in [0.05, 0.1) is 19.4 Å². The summed E-state index contributed by atoms with van der Waals surface area (Å²) in [4.78, 5) is 32.7. The number of nitrogens with zero attached hydrogens (tertiary/aromatic N) is 2. The Morgan fingerprint density at radius 3 is 2.38 bits per heavy atom. The fraction of sp³-hybridized carbons (Fsp3) is 0.250. The van der Waals surface area contributed by atoms with Crippen LogP contribution in [0.15, 0.2) is 77.8 Å². The monoisotopic (exact) mass is 537 g/mol. The van der Waals surface area contributed by atoms with Crippen molar-refractivity contribution < 1.29 is 19.1 Å². The quantitative estimate of drug-likeness (QED) is 0.365. The van der Waals surface area contributed by atoms with Crippen LogP contribution in [0.4, 0.5) is 11.4 Å². The molecule has 1 aliphatic rings. The molecule has 0 bridgehead atoms. The molecule has 0 aliphatic carbocycles. The number of benzene rings is 3. The van der Waals surface area contributed by atoms with Crippen molar-refractivity contribution in [1.29, 1.82) is 0 Å². The van der Waals surface area contributed by atoms with Crippen LogP contribution in [-0.2, 0) is 16.0 Å². The van der Waals surface area contributed by atoms with Gasteiger partial charge in [-0.1, -0.05) is 35.5 Å². The predicted molar refractivity (Wildman–Crippen MR) is 149 cm³/mol. The van der Waals surface area contributed by atoms with Crippen molar-refractivity contribution in [3.63, 3.8) is 0 Å². The minimum atomic E-state index is -0.608. The molecule has 0 saturated carbocycles. The lowest BCUT2D eigenvalue weighted by atomic mass is 10.1. The van der Waals surface area contributed by atoms with Gasteiger partial charge in [-0.25, -0.2) is 4.99 Å². The predicted octanol–water partition coefficient (Wildman–Crippen LogP) is 5.95. The summed E-state index contributed by atoms with van der Waals surface area (Å²) in [6.07, 6.45) is 0.712. The highest BCUT2D eigenvalue weighted by Crippen LogP contribution is 2.31. The Hall–Kier alpha value is -3.49. The van der Waals surface area contributed by atoms with Crippen LogP contribution in [0, 0.1) is 0 Å². The van der Waals surface area contributed by atoms with Gasteiger partial charge in [0.2, 0.25) is 11.8 Å². The number of nitrogens with one attached hydrogen (secondary N) is 1. The molecule has 3 aromatic rings. The molecule has 1 atom stereocenters. The molecule has 192 valence electrons. The minimum Gasteiger partial charge on any atom is -0.497 e. The van der Waals surface area contributed by atoms with Crippen molar-refractivity contribution >= 4 is 51.7 Å². The summed E-state index contributed by atoms with van der Waals surface area (Å²) in [7, 11) is 1.60. The summed E-state index contributed by atoms with van der Waals surface area (Å²) in [5.74, 6) is 1.05. The van der Waals surface area contributed by atoms with E-state index < -0.39 is 5.25 Å². The van der Waals surface area contributed by atoms with E-state index in [1.165, 1.54) is 11.8 Å². The minimum absolute atomic E-state index is 0.0791.